The quantitative estimate of drug-likeness (QED) is 0.792. The molecule has 1 aliphatic carbocycles. The van der Waals surface area contributed by atoms with Crippen LogP contribution in [0.5, 0.6) is 0 Å². The number of carbonyl (C=O) groups excluding carboxylic acids is 2. The monoisotopic (exact) mass is 342 g/mol. The lowest BCUT2D eigenvalue weighted by Crippen LogP contribution is -2.40. The van der Waals surface area contributed by atoms with Gasteiger partial charge in [-0.15, -0.1) is 0 Å². The molecule has 3 fully saturated rings. The van der Waals surface area contributed by atoms with Gasteiger partial charge in [0.2, 0.25) is 11.8 Å². The van der Waals surface area contributed by atoms with Gasteiger partial charge in [0.1, 0.15) is 5.82 Å². The van der Waals surface area contributed by atoms with Crippen LogP contribution in [0.3, 0.4) is 0 Å². The van der Waals surface area contributed by atoms with E-state index in [0.29, 0.717) is 13.1 Å². The molecule has 1 spiro atoms. The number of likely N-dealkylation sites (tertiary alicyclic amines) is 2. The predicted octanol–water partition coefficient (Wildman–Crippen LogP) is 2.49. The molecule has 25 heavy (non-hydrogen) atoms. The molecule has 0 radical (unpaired) electrons. The first kappa shape index (κ1) is 16.3. The average molecular weight is 342 g/mol. The van der Waals surface area contributed by atoms with E-state index in [0.717, 1.165) is 44.3 Å². The molecule has 1 atom stereocenters. The van der Waals surface area contributed by atoms with E-state index in [-0.39, 0.29) is 23.0 Å². The summed E-state index contributed by atoms with van der Waals surface area (Å²) in [5.74, 6) is -0.188. The van der Waals surface area contributed by atoms with Crippen molar-refractivity contribution < 1.29 is 14.0 Å². The minimum atomic E-state index is -0.525. The number of nitrogens with zero attached hydrogens (tertiary/aromatic N) is 2. The third kappa shape index (κ3) is 2.66. The van der Waals surface area contributed by atoms with Gasteiger partial charge in [-0.25, -0.2) is 4.39 Å². The SMILES string of the molecule is C=CC(=O)N1CCC2(CCN(C(=O)C3(c4cccc(F)c4)CC3)C2)C1. The third-order valence-corrected chi connectivity index (χ3v) is 6.19. The highest BCUT2D eigenvalue weighted by atomic mass is 19.1. The van der Waals surface area contributed by atoms with Crippen LogP contribution in [0, 0.1) is 11.2 Å². The van der Waals surface area contributed by atoms with Crippen molar-refractivity contribution in [2.75, 3.05) is 26.2 Å². The van der Waals surface area contributed by atoms with Gasteiger partial charge in [0.05, 0.1) is 5.41 Å². The Bertz CT molecular complexity index is 743. The number of benzene rings is 1. The Morgan fingerprint density at radius 1 is 1.08 bits per heavy atom. The van der Waals surface area contributed by atoms with E-state index < -0.39 is 5.41 Å². The van der Waals surface area contributed by atoms with Gasteiger partial charge >= 0.3 is 0 Å². The first-order valence-electron chi connectivity index (χ1n) is 8.95. The summed E-state index contributed by atoms with van der Waals surface area (Å²) in [5.41, 5.74) is 0.295. The molecule has 0 bridgehead atoms. The fraction of sp³-hybridized carbons (Fsp3) is 0.500. The van der Waals surface area contributed by atoms with E-state index in [4.69, 9.17) is 0 Å². The van der Waals surface area contributed by atoms with E-state index in [1.807, 2.05) is 15.9 Å². The molecular weight excluding hydrogens is 319 g/mol. The van der Waals surface area contributed by atoms with Crippen LogP contribution in [-0.4, -0.2) is 47.8 Å². The molecule has 2 heterocycles. The second kappa shape index (κ2) is 5.68. The molecule has 0 aromatic heterocycles. The zero-order valence-corrected chi connectivity index (χ0v) is 14.3. The molecule has 5 heteroatoms. The molecule has 4 rings (SSSR count). The Morgan fingerprint density at radius 2 is 1.76 bits per heavy atom. The molecular formula is C20H23FN2O2. The number of carbonyl (C=O) groups is 2. The Morgan fingerprint density at radius 3 is 2.40 bits per heavy atom. The lowest BCUT2D eigenvalue weighted by Gasteiger charge is -2.27. The van der Waals surface area contributed by atoms with Gasteiger partial charge in [-0.3, -0.25) is 9.59 Å². The van der Waals surface area contributed by atoms with Gasteiger partial charge in [0.25, 0.3) is 0 Å². The van der Waals surface area contributed by atoms with E-state index in [2.05, 4.69) is 6.58 Å². The van der Waals surface area contributed by atoms with Crippen LogP contribution in [0.4, 0.5) is 4.39 Å². The minimum Gasteiger partial charge on any atom is -0.341 e. The van der Waals surface area contributed by atoms with Crippen molar-refractivity contribution in [2.24, 2.45) is 5.41 Å². The molecule has 1 aromatic rings. The van der Waals surface area contributed by atoms with Crippen LogP contribution in [0.1, 0.15) is 31.2 Å². The average Bonchev–Trinajstić information content (AvgIpc) is 3.18. The molecule has 1 aromatic carbocycles. The largest absolute Gasteiger partial charge is 0.341 e. The van der Waals surface area contributed by atoms with Crippen LogP contribution in [0.25, 0.3) is 0 Å². The molecule has 1 unspecified atom stereocenters. The van der Waals surface area contributed by atoms with Crippen molar-refractivity contribution in [2.45, 2.75) is 31.1 Å². The van der Waals surface area contributed by atoms with Crippen molar-refractivity contribution in [1.82, 2.24) is 9.80 Å². The summed E-state index contributed by atoms with van der Waals surface area (Å²) in [4.78, 5) is 28.8. The summed E-state index contributed by atoms with van der Waals surface area (Å²) in [7, 11) is 0. The van der Waals surface area contributed by atoms with Crippen LogP contribution >= 0.6 is 0 Å². The summed E-state index contributed by atoms with van der Waals surface area (Å²) in [6.45, 7) is 6.43. The standard InChI is InChI=1S/C20H23FN2O2/c1-2-17(24)22-10-8-19(13-22)9-11-23(14-19)18(25)20(6-7-20)15-4-3-5-16(21)12-15/h2-5,12H,1,6-11,13-14H2. The topological polar surface area (TPSA) is 40.6 Å². The molecule has 3 aliphatic rings. The van der Waals surface area contributed by atoms with Gasteiger partial charge < -0.3 is 9.80 Å². The summed E-state index contributed by atoms with van der Waals surface area (Å²) in [6.07, 6.45) is 4.81. The van der Waals surface area contributed by atoms with E-state index in [9.17, 15) is 14.0 Å². The second-order valence-corrected chi connectivity index (χ2v) is 7.78. The maximum absolute atomic E-state index is 13.6. The molecule has 2 aliphatic heterocycles. The zero-order chi connectivity index (χ0) is 17.7. The molecule has 1 saturated carbocycles. The van der Waals surface area contributed by atoms with Crippen molar-refractivity contribution >= 4 is 11.8 Å². The fourth-order valence-electron chi connectivity index (χ4n) is 4.53. The van der Waals surface area contributed by atoms with Gasteiger partial charge in [-0.2, -0.15) is 0 Å². The zero-order valence-electron chi connectivity index (χ0n) is 14.3. The molecule has 0 N–H and O–H groups in total. The van der Waals surface area contributed by atoms with Crippen LogP contribution in [-0.2, 0) is 15.0 Å². The Labute approximate surface area is 147 Å². The van der Waals surface area contributed by atoms with Crippen molar-refractivity contribution in [3.8, 4) is 0 Å². The number of hydrogen-bond acceptors (Lipinski definition) is 2. The summed E-state index contributed by atoms with van der Waals surface area (Å²) in [6, 6.07) is 6.45. The first-order chi connectivity index (χ1) is 12.0. The summed E-state index contributed by atoms with van der Waals surface area (Å²) < 4.78 is 13.6. The van der Waals surface area contributed by atoms with Crippen molar-refractivity contribution in [1.29, 1.82) is 0 Å². The minimum absolute atomic E-state index is 0.0202. The van der Waals surface area contributed by atoms with E-state index in [1.165, 1.54) is 18.2 Å². The number of amides is 2. The smallest absolute Gasteiger partial charge is 0.245 e. The maximum Gasteiger partial charge on any atom is 0.245 e. The lowest BCUT2D eigenvalue weighted by atomic mass is 9.86. The maximum atomic E-state index is 13.6. The summed E-state index contributed by atoms with van der Waals surface area (Å²) >= 11 is 0. The highest BCUT2D eigenvalue weighted by Crippen LogP contribution is 2.51. The molecule has 2 saturated heterocycles. The lowest BCUT2D eigenvalue weighted by molar-refractivity contribution is -0.133. The first-order valence-corrected chi connectivity index (χ1v) is 8.95. The van der Waals surface area contributed by atoms with Crippen molar-refractivity contribution in [3.63, 3.8) is 0 Å². The Kier molecular flexibility index (Phi) is 3.71. The Hall–Kier alpha value is -2.17. The molecule has 4 nitrogen and oxygen atoms in total. The fourth-order valence-corrected chi connectivity index (χ4v) is 4.53. The van der Waals surface area contributed by atoms with Gasteiger partial charge in [-0.05, 0) is 49.5 Å². The van der Waals surface area contributed by atoms with Crippen LogP contribution in [0.2, 0.25) is 0 Å². The number of halogens is 1. The van der Waals surface area contributed by atoms with Crippen LogP contribution in [0.15, 0.2) is 36.9 Å². The van der Waals surface area contributed by atoms with Gasteiger partial charge in [0.15, 0.2) is 0 Å². The van der Waals surface area contributed by atoms with E-state index >= 15 is 0 Å². The second-order valence-electron chi connectivity index (χ2n) is 7.78. The molecule has 2 amide bonds. The van der Waals surface area contributed by atoms with Crippen molar-refractivity contribution in [3.05, 3.63) is 48.3 Å². The summed E-state index contributed by atoms with van der Waals surface area (Å²) in [5, 5.41) is 0. The van der Waals surface area contributed by atoms with Crippen LogP contribution < -0.4 is 0 Å². The number of hydrogen-bond donors (Lipinski definition) is 0. The van der Waals surface area contributed by atoms with Gasteiger partial charge in [-0.1, -0.05) is 18.7 Å². The van der Waals surface area contributed by atoms with E-state index in [1.54, 1.807) is 6.07 Å². The normalized spacial score (nSPS) is 26.9. The third-order valence-electron chi connectivity index (χ3n) is 6.19. The van der Waals surface area contributed by atoms with Gasteiger partial charge in [0, 0.05) is 31.6 Å². The number of rotatable bonds is 3. The predicted molar refractivity (Wildman–Crippen MR) is 92.3 cm³/mol. The highest BCUT2D eigenvalue weighted by Gasteiger charge is 2.56. The highest BCUT2D eigenvalue weighted by molar-refractivity contribution is 5.91. The Balaban J connectivity index is 1.48. The molecule has 132 valence electrons.